The van der Waals surface area contributed by atoms with Crippen molar-refractivity contribution in [2.24, 2.45) is 0 Å². The Morgan fingerprint density at radius 3 is 2.48 bits per heavy atom. The van der Waals surface area contributed by atoms with Gasteiger partial charge in [-0.15, -0.1) is 0 Å². The lowest BCUT2D eigenvalue weighted by molar-refractivity contribution is -0.159. The van der Waals surface area contributed by atoms with Crippen LogP contribution >= 0.6 is 0 Å². The molecule has 0 spiro atoms. The van der Waals surface area contributed by atoms with Crippen LogP contribution in [0.15, 0.2) is 53.3 Å². The van der Waals surface area contributed by atoms with Crippen molar-refractivity contribution < 1.29 is 22.5 Å². The van der Waals surface area contributed by atoms with Gasteiger partial charge in [-0.2, -0.15) is 18.2 Å². The Morgan fingerprint density at radius 2 is 1.84 bits per heavy atom. The van der Waals surface area contributed by atoms with Crippen molar-refractivity contribution in [1.82, 2.24) is 24.8 Å². The number of halogens is 3. The van der Waals surface area contributed by atoms with Gasteiger partial charge in [0.1, 0.15) is 5.65 Å². The van der Waals surface area contributed by atoms with Gasteiger partial charge in [0.25, 0.3) is 5.91 Å². The molecule has 1 aromatic carbocycles. The van der Waals surface area contributed by atoms with Crippen molar-refractivity contribution in [2.75, 3.05) is 19.0 Å². The monoisotopic (exact) mass is 430 g/mol. The number of alkyl halides is 3. The van der Waals surface area contributed by atoms with Crippen molar-refractivity contribution in [3.8, 4) is 11.4 Å². The quantitative estimate of drug-likeness (QED) is 0.522. The van der Waals surface area contributed by atoms with Crippen LogP contribution in [0.25, 0.3) is 17.0 Å². The first kappa shape index (κ1) is 20.4. The third-order valence-corrected chi connectivity index (χ3v) is 4.50. The second-order valence-corrected chi connectivity index (χ2v) is 6.96. The fourth-order valence-electron chi connectivity index (χ4n) is 2.90. The summed E-state index contributed by atoms with van der Waals surface area (Å²) >= 11 is 0. The molecule has 0 fully saturated rings. The maximum atomic E-state index is 12.7. The fraction of sp³-hybridized carbons (Fsp3) is 0.200. The zero-order valence-electron chi connectivity index (χ0n) is 16.5. The fourth-order valence-corrected chi connectivity index (χ4v) is 2.90. The molecule has 0 saturated heterocycles. The number of pyridine rings is 1. The Balaban J connectivity index is 1.47. The zero-order chi connectivity index (χ0) is 22.2. The molecule has 0 unspecified atom stereocenters. The van der Waals surface area contributed by atoms with E-state index < -0.39 is 12.1 Å². The van der Waals surface area contributed by atoms with Gasteiger partial charge in [-0.1, -0.05) is 5.16 Å². The highest BCUT2D eigenvalue weighted by Gasteiger charge is 2.38. The van der Waals surface area contributed by atoms with Gasteiger partial charge >= 0.3 is 12.1 Å². The predicted octanol–water partition coefficient (Wildman–Crippen LogP) is 3.40. The highest BCUT2D eigenvalue weighted by atomic mass is 19.4. The third-order valence-electron chi connectivity index (χ3n) is 4.50. The van der Waals surface area contributed by atoms with Crippen LogP contribution in [-0.4, -0.2) is 39.5 Å². The lowest BCUT2D eigenvalue weighted by Crippen LogP contribution is -2.23. The number of amides is 1. The van der Waals surface area contributed by atoms with E-state index in [1.54, 1.807) is 41.1 Å². The van der Waals surface area contributed by atoms with Crippen LogP contribution < -0.4 is 10.2 Å². The number of rotatable bonds is 5. The van der Waals surface area contributed by atoms with Crippen LogP contribution in [0.1, 0.15) is 21.9 Å². The number of imidazole rings is 1. The summed E-state index contributed by atoms with van der Waals surface area (Å²) in [5.74, 6) is -1.83. The summed E-state index contributed by atoms with van der Waals surface area (Å²) in [4.78, 5) is 22.1. The Kier molecular flexibility index (Phi) is 5.09. The Labute approximate surface area is 174 Å². The SMILES string of the molecule is CN(C)c1ccc(C(=O)NCc2cn3cc(-c4noc(C(F)(F)F)n4)ccc3n2)cc1. The number of aromatic nitrogens is 4. The smallest absolute Gasteiger partial charge is 0.378 e. The van der Waals surface area contributed by atoms with Crippen molar-refractivity contribution in [1.29, 1.82) is 0 Å². The molecule has 3 heterocycles. The largest absolute Gasteiger partial charge is 0.471 e. The Bertz CT molecular complexity index is 1230. The van der Waals surface area contributed by atoms with Crippen LogP contribution in [0.4, 0.5) is 18.9 Å². The number of nitrogens with one attached hydrogen (secondary N) is 1. The molecule has 4 rings (SSSR count). The minimum Gasteiger partial charge on any atom is -0.378 e. The van der Waals surface area contributed by atoms with E-state index in [0.29, 0.717) is 22.5 Å². The number of carbonyl (C=O) groups is 1. The molecule has 31 heavy (non-hydrogen) atoms. The molecular formula is C20H17F3N6O2. The Morgan fingerprint density at radius 1 is 1.10 bits per heavy atom. The molecular weight excluding hydrogens is 413 g/mol. The number of hydrogen-bond acceptors (Lipinski definition) is 6. The molecule has 11 heteroatoms. The highest BCUT2D eigenvalue weighted by Crippen LogP contribution is 2.29. The highest BCUT2D eigenvalue weighted by molar-refractivity contribution is 5.94. The average molecular weight is 430 g/mol. The number of nitrogens with zero attached hydrogens (tertiary/aromatic N) is 5. The molecule has 0 aliphatic rings. The van der Waals surface area contributed by atoms with E-state index in [9.17, 15) is 18.0 Å². The number of anilines is 1. The third kappa shape index (κ3) is 4.34. The molecule has 0 aliphatic heterocycles. The summed E-state index contributed by atoms with van der Waals surface area (Å²) < 4.78 is 43.8. The summed E-state index contributed by atoms with van der Waals surface area (Å²) in [6.07, 6.45) is -1.50. The van der Waals surface area contributed by atoms with E-state index in [2.05, 4.69) is 25.0 Å². The predicted molar refractivity (Wildman–Crippen MR) is 105 cm³/mol. The molecule has 160 valence electrons. The van der Waals surface area contributed by atoms with Crippen LogP contribution in [0.2, 0.25) is 0 Å². The molecule has 8 nitrogen and oxygen atoms in total. The first-order chi connectivity index (χ1) is 14.7. The molecule has 1 N–H and O–H groups in total. The summed E-state index contributed by atoms with van der Waals surface area (Å²) in [7, 11) is 3.83. The van der Waals surface area contributed by atoms with E-state index in [0.717, 1.165) is 5.69 Å². The van der Waals surface area contributed by atoms with Crippen LogP contribution in [0, 0.1) is 0 Å². The molecule has 1 amide bonds. The van der Waals surface area contributed by atoms with Gasteiger partial charge in [0.2, 0.25) is 5.82 Å². The maximum Gasteiger partial charge on any atom is 0.471 e. The van der Waals surface area contributed by atoms with E-state index in [4.69, 9.17) is 0 Å². The van der Waals surface area contributed by atoms with Gasteiger partial charge in [-0.3, -0.25) is 4.79 Å². The first-order valence-corrected chi connectivity index (χ1v) is 9.15. The molecule has 0 bridgehead atoms. The van der Waals surface area contributed by atoms with Crippen molar-refractivity contribution in [3.05, 3.63) is 65.9 Å². The second-order valence-electron chi connectivity index (χ2n) is 6.96. The van der Waals surface area contributed by atoms with Gasteiger partial charge in [0.15, 0.2) is 0 Å². The van der Waals surface area contributed by atoms with Crippen LogP contribution in [0.5, 0.6) is 0 Å². The summed E-state index contributed by atoms with van der Waals surface area (Å²) in [5.41, 5.74) is 2.98. The normalized spacial score (nSPS) is 11.6. The van der Waals surface area contributed by atoms with E-state index in [-0.39, 0.29) is 18.3 Å². The minimum atomic E-state index is -4.71. The summed E-state index contributed by atoms with van der Waals surface area (Å²) in [6.45, 7) is 0.186. The van der Waals surface area contributed by atoms with Crippen molar-refractivity contribution in [2.45, 2.75) is 12.7 Å². The molecule has 3 aromatic heterocycles. The second kappa shape index (κ2) is 7.74. The topological polar surface area (TPSA) is 88.6 Å². The van der Waals surface area contributed by atoms with Crippen LogP contribution in [0.3, 0.4) is 0 Å². The molecule has 0 aliphatic carbocycles. The molecule has 0 atom stereocenters. The number of carbonyl (C=O) groups excluding carboxylic acids is 1. The number of fused-ring (bicyclic) bond motifs is 1. The summed E-state index contributed by atoms with van der Waals surface area (Å²) in [5, 5.41) is 6.17. The van der Waals surface area contributed by atoms with Crippen molar-refractivity contribution in [3.63, 3.8) is 0 Å². The molecule has 0 saturated carbocycles. The van der Waals surface area contributed by atoms with E-state index >= 15 is 0 Å². The van der Waals surface area contributed by atoms with Crippen LogP contribution in [-0.2, 0) is 12.7 Å². The van der Waals surface area contributed by atoms with E-state index in [1.807, 2.05) is 31.1 Å². The maximum absolute atomic E-state index is 12.7. The molecule has 4 aromatic rings. The van der Waals surface area contributed by atoms with Gasteiger partial charge in [-0.25, -0.2) is 4.98 Å². The average Bonchev–Trinajstić information content (AvgIpc) is 3.38. The summed E-state index contributed by atoms with van der Waals surface area (Å²) in [6, 6.07) is 10.3. The van der Waals surface area contributed by atoms with E-state index in [1.165, 1.54) is 0 Å². The van der Waals surface area contributed by atoms with Gasteiger partial charge in [0, 0.05) is 43.3 Å². The lowest BCUT2D eigenvalue weighted by Gasteiger charge is -2.12. The number of benzene rings is 1. The molecule has 0 radical (unpaired) electrons. The van der Waals surface area contributed by atoms with Gasteiger partial charge in [0.05, 0.1) is 12.2 Å². The first-order valence-electron chi connectivity index (χ1n) is 9.15. The lowest BCUT2D eigenvalue weighted by atomic mass is 10.2. The minimum absolute atomic E-state index is 0.182. The standard InChI is InChI=1S/C20H17F3N6O2/c1-28(2)15-6-3-12(4-7-15)18(30)24-9-14-11-29-10-13(5-8-16(29)25-14)17-26-19(31-27-17)20(21,22)23/h3-8,10-11H,9H2,1-2H3,(H,24,30). The van der Waals surface area contributed by atoms with Gasteiger partial charge < -0.3 is 19.1 Å². The Hall–Kier alpha value is -3.89. The van der Waals surface area contributed by atoms with Crippen molar-refractivity contribution >= 4 is 17.2 Å². The number of hydrogen-bond donors (Lipinski definition) is 1. The van der Waals surface area contributed by atoms with Gasteiger partial charge in [-0.05, 0) is 36.4 Å². The zero-order valence-corrected chi connectivity index (χ0v) is 16.5.